The molecule has 0 aliphatic heterocycles. The largest absolute Gasteiger partial charge is 0.491 e. The summed E-state index contributed by atoms with van der Waals surface area (Å²) in [6.07, 6.45) is -0.301. The van der Waals surface area contributed by atoms with Gasteiger partial charge in [0.2, 0.25) is 0 Å². The molecule has 0 bridgehead atoms. The normalized spacial score (nSPS) is 11.9. The number of ether oxygens (including phenoxy) is 1. The first-order valence-corrected chi connectivity index (χ1v) is 5.81. The number of hydrogen-bond donors (Lipinski definition) is 1. The van der Waals surface area contributed by atoms with Crippen LogP contribution in [0.25, 0.3) is 0 Å². The number of carbonyl (C=O) groups is 1. The molecule has 2 rings (SSSR count). The van der Waals surface area contributed by atoms with Gasteiger partial charge < -0.3 is 9.84 Å². The summed E-state index contributed by atoms with van der Waals surface area (Å²) in [5.74, 6) is 0.0518. The number of hydrogen-bond acceptors (Lipinski definition) is 3. The molecule has 2 aromatic rings. The molecule has 0 aromatic heterocycles. The number of benzene rings is 2. The predicted molar refractivity (Wildman–Crippen MR) is 68.7 cm³/mol. The maximum Gasteiger partial charge on any atom is 0.150 e. The molecule has 0 aliphatic rings. The summed E-state index contributed by atoms with van der Waals surface area (Å²) in [6.45, 7) is -0.0542. The van der Waals surface area contributed by atoms with Gasteiger partial charge in [0, 0.05) is 11.1 Å². The zero-order valence-electron chi connectivity index (χ0n) is 10.1. The summed E-state index contributed by atoms with van der Waals surface area (Å²) < 4.78 is 18.8. The monoisotopic (exact) mass is 260 g/mol. The second-order valence-electron chi connectivity index (χ2n) is 4.04. The quantitative estimate of drug-likeness (QED) is 0.841. The molecular weight excluding hydrogens is 247 g/mol. The fourth-order valence-electron chi connectivity index (χ4n) is 1.65. The minimum atomic E-state index is -1.04. The number of aliphatic hydroxyl groups excluding tert-OH is 1. The maximum atomic E-state index is 13.4. The van der Waals surface area contributed by atoms with Crippen LogP contribution in [-0.2, 0) is 0 Å². The molecule has 1 N–H and O–H groups in total. The van der Waals surface area contributed by atoms with Crippen LogP contribution in [0.5, 0.6) is 5.75 Å². The molecule has 0 spiro atoms. The van der Waals surface area contributed by atoms with Crippen LogP contribution in [0.2, 0.25) is 0 Å². The number of halogens is 1. The molecular formula is C15H13FO3. The minimum Gasteiger partial charge on any atom is -0.491 e. The second-order valence-corrected chi connectivity index (χ2v) is 4.04. The van der Waals surface area contributed by atoms with Gasteiger partial charge in [0.1, 0.15) is 30.6 Å². The lowest BCUT2D eigenvalue weighted by atomic mass is 10.1. The minimum absolute atomic E-state index is 0.0542. The number of carbonyl (C=O) groups excluding carboxylic acids is 1. The van der Waals surface area contributed by atoms with Gasteiger partial charge in [0.05, 0.1) is 0 Å². The van der Waals surface area contributed by atoms with Crippen LogP contribution in [-0.4, -0.2) is 18.0 Å². The van der Waals surface area contributed by atoms with Gasteiger partial charge in [0.15, 0.2) is 0 Å². The molecule has 0 saturated heterocycles. The van der Waals surface area contributed by atoms with E-state index < -0.39 is 11.9 Å². The van der Waals surface area contributed by atoms with E-state index >= 15 is 0 Å². The van der Waals surface area contributed by atoms with Crippen LogP contribution in [0.15, 0.2) is 48.5 Å². The molecule has 0 radical (unpaired) electrons. The molecule has 1 unspecified atom stereocenters. The van der Waals surface area contributed by atoms with E-state index in [2.05, 4.69) is 0 Å². The van der Waals surface area contributed by atoms with Crippen molar-refractivity contribution in [1.29, 1.82) is 0 Å². The second kappa shape index (κ2) is 6.11. The Hall–Kier alpha value is -2.20. The molecule has 98 valence electrons. The van der Waals surface area contributed by atoms with E-state index in [0.29, 0.717) is 11.3 Å². The number of aldehydes is 1. The van der Waals surface area contributed by atoms with E-state index in [1.54, 1.807) is 36.4 Å². The Bertz CT molecular complexity index is 552. The van der Waals surface area contributed by atoms with E-state index in [1.807, 2.05) is 0 Å². The Morgan fingerprint density at radius 1 is 1.16 bits per heavy atom. The van der Waals surface area contributed by atoms with Crippen molar-refractivity contribution in [3.05, 3.63) is 65.5 Å². The van der Waals surface area contributed by atoms with Crippen molar-refractivity contribution >= 4 is 6.29 Å². The van der Waals surface area contributed by atoms with E-state index in [1.165, 1.54) is 12.1 Å². The Labute approximate surface area is 110 Å². The highest BCUT2D eigenvalue weighted by Gasteiger charge is 2.12. The molecule has 0 fully saturated rings. The maximum absolute atomic E-state index is 13.4. The average molecular weight is 260 g/mol. The lowest BCUT2D eigenvalue weighted by molar-refractivity contribution is 0.105. The average Bonchev–Trinajstić information content (AvgIpc) is 2.46. The van der Waals surface area contributed by atoms with Crippen LogP contribution in [0.1, 0.15) is 22.0 Å². The van der Waals surface area contributed by atoms with Crippen molar-refractivity contribution < 1.29 is 19.0 Å². The van der Waals surface area contributed by atoms with E-state index in [4.69, 9.17) is 4.74 Å². The van der Waals surface area contributed by atoms with Crippen LogP contribution in [0.3, 0.4) is 0 Å². The van der Waals surface area contributed by atoms with Crippen molar-refractivity contribution in [2.45, 2.75) is 6.10 Å². The highest BCUT2D eigenvalue weighted by Crippen LogP contribution is 2.19. The van der Waals surface area contributed by atoms with Crippen LogP contribution in [0, 0.1) is 5.82 Å². The standard InChI is InChI=1S/C15H13FO3/c16-14-4-2-1-3-13(14)15(18)10-19-12-7-5-11(9-17)6-8-12/h1-9,15,18H,10H2. The Morgan fingerprint density at radius 3 is 2.47 bits per heavy atom. The third kappa shape index (κ3) is 3.39. The van der Waals surface area contributed by atoms with Crippen molar-refractivity contribution in [1.82, 2.24) is 0 Å². The zero-order valence-corrected chi connectivity index (χ0v) is 10.1. The van der Waals surface area contributed by atoms with Crippen molar-refractivity contribution in [2.24, 2.45) is 0 Å². The van der Waals surface area contributed by atoms with E-state index in [-0.39, 0.29) is 12.2 Å². The van der Waals surface area contributed by atoms with Gasteiger partial charge in [-0.25, -0.2) is 4.39 Å². The fraction of sp³-hybridized carbons (Fsp3) is 0.133. The fourth-order valence-corrected chi connectivity index (χ4v) is 1.65. The summed E-state index contributed by atoms with van der Waals surface area (Å²) in [5, 5.41) is 9.84. The molecule has 1 atom stereocenters. The molecule has 4 heteroatoms. The topological polar surface area (TPSA) is 46.5 Å². The third-order valence-corrected chi connectivity index (χ3v) is 2.69. The van der Waals surface area contributed by atoms with Crippen LogP contribution < -0.4 is 4.74 Å². The van der Waals surface area contributed by atoms with E-state index in [0.717, 1.165) is 6.29 Å². The van der Waals surface area contributed by atoms with Gasteiger partial charge in [0.25, 0.3) is 0 Å². The highest BCUT2D eigenvalue weighted by molar-refractivity contribution is 5.74. The molecule has 0 aliphatic carbocycles. The third-order valence-electron chi connectivity index (χ3n) is 2.69. The summed E-state index contributed by atoms with van der Waals surface area (Å²) in [6, 6.07) is 12.5. The van der Waals surface area contributed by atoms with Gasteiger partial charge in [-0.2, -0.15) is 0 Å². The van der Waals surface area contributed by atoms with E-state index in [9.17, 15) is 14.3 Å². The smallest absolute Gasteiger partial charge is 0.150 e. The zero-order chi connectivity index (χ0) is 13.7. The molecule has 3 nitrogen and oxygen atoms in total. The molecule has 19 heavy (non-hydrogen) atoms. The summed E-state index contributed by atoms with van der Waals surface area (Å²) >= 11 is 0. The van der Waals surface area contributed by atoms with Crippen molar-refractivity contribution in [2.75, 3.05) is 6.61 Å². The van der Waals surface area contributed by atoms with Gasteiger partial charge in [-0.15, -0.1) is 0 Å². The Kier molecular flexibility index (Phi) is 4.26. The Balaban J connectivity index is 1.98. The summed E-state index contributed by atoms with van der Waals surface area (Å²) in [5.41, 5.74) is 0.744. The van der Waals surface area contributed by atoms with Crippen LogP contribution in [0.4, 0.5) is 4.39 Å². The Morgan fingerprint density at radius 2 is 1.84 bits per heavy atom. The van der Waals surface area contributed by atoms with Crippen molar-refractivity contribution in [3.63, 3.8) is 0 Å². The number of aliphatic hydroxyl groups is 1. The highest BCUT2D eigenvalue weighted by atomic mass is 19.1. The van der Waals surface area contributed by atoms with Gasteiger partial charge >= 0.3 is 0 Å². The lowest BCUT2D eigenvalue weighted by Crippen LogP contribution is -2.11. The van der Waals surface area contributed by atoms with Crippen molar-refractivity contribution in [3.8, 4) is 5.75 Å². The lowest BCUT2D eigenvalue weighted by Gasteiger charge is -2.13. The first kappa shape index (κ1) is 13.2. The molecule has 2 aromatic carbocycles. The van der Waals surface area contributed by atoms with Gasteiger partial charge in [-0.3, -0.25) is 4.79 Å². The van der Waals surface area contributed by atoms with Gasteiger partial charge in [-0.05, 0) is 30.3 Å². The van der Waals surface area contributed by atoms with Gasteiger partial charge in [-0.1, -0.05) is 18.2 Å². The number of rotatable bonds is 5. The first-order chi connectivity index (χ1) is 9.20. The SMILES string of the molecule is O=Cc1ccc(OCC(O)c2ccccc2F)cc1. The predicted octanol–water partition coefficient (Wildman–Crippen LogP) is 2.75. The molecule has 0 heterocycles. The molecule has 0 saturated carbocycles. The molecule has 0 amide bonds. The summed E-state index contributed by atoms with van der Waals surface area (Å²) in [4.78, 5) is 10.5. The first-order valence-electron chi connectivity index (χ1n) is 5.81. The summed E-state index contributed by atoms with van der Waals surface area (Å²) in [7, 11) is 0. The van der Waals surface area contributed by atoms with Crippen LogP contribution >= 0.6 is 0 Å².